The number of methoxy groups -OCH3 is 4. The van der Waals surface area contributed by atoms with Crippen LogP contribution >= 0.6 is 0 Å². The SMILES string of the molecule is COc1ccc(CCN2CCCCC(CN3Cc4cc(OC)c(OC)cc4C3=O)C2)cc1OC. The summed E-state index contributed by atoms with van der Waals surface area (Å²) in [6.45, 7) is 4.53. The first-order valence-corrected chi connectivity index (χ1v) is 12.0. The lowest BCUT2D eigenvalue weighted by Crippen LogP contribution is -2.37. The maximum Gasteiger partial charge on any atom is 0.254 e. The summed E-state index contributed by atoms with van der Waals surface area (Å²) in [6, 6.07) is 9.91. The number of ether oxygens (including phenoxy) is 4. The van der Waals surface area contributed by atoms with Gasteiger partial charge in [-0.1, -0.05) is 12.5 Å². The van der Waals surface area contributed by atoms with E-state index in [1.165, 1.54) is 18.4 Å². The van der Waals surface area contributed by atoms with Crippen molar-refractivity contribution in [3.63, 3.8) is 0 Å². The van der Waals surface area contributed by atoms with Gasteiger partial charge in [0.2, 0.25) is 0 Å². The molecule has 4 rings (SSSR count). The zero-order valence-corrected chi connectivity index (χ0v) is 20.8. The Balaban J connectivity index is 1.37. The third-order valence-corrected chi connectivity index (χ3v) is 6.98. The van der Waals surface area contributed by atoms with E-state index in [0.29, 0.717) is 24.0 Å². The van der Waals surface area contributed by atoms with Gasteiger partial charge in [0.05, 0.1) is 28.4 Å². The first-order chi connectivity index (χ1) is 16.6. The minimum absolute atomic E-state index is 0.0945. The van der Waals surface area contributed by atoms with E-state index < -0.39 is 0 Å². The van der Waals surface area contributed by atoms with E-state index >= 15 is 0 Å². The van der Waals surface area contributed by atoms with E-state index in [1.807, 2.05) is 23.1 Å². The number of hydrogen-bond acceptors (Lipinski definition) is 6. The molecule has 2 aromatic rings. The second kappa shape index (κ2) is 11.0. The van der Waals surface area contributed by atoms with Crippen molar-refractivity contribution in [1.82, 2.24) is 9.80 Å². The third kappa shape index (κ3) is 5.25. The van der Waals surface area contributed by atoms with Crippen LogP contribution in [0.5, 0.6) is 23.0 Å². The summed E-state index contributed by atoms with van der Waals surface area (Å²) in [7, 11) is 6.56. The fraction of sp³-hybridized carbons (Fsp3) is 0.519. The van der Waals surface area contributed by atoms with Crippen LogP contribution in [0.1, 0.15) is 40.7 Å². The molecule has 1 amide bonds. The maximum atomic E-state index is 13.1. The van der Waals surface area contributed by atoms with Crippen molar-refractivity contribution in [2.24, 2.45) is 5.92 Å². The number of likely N-dealkylation sites (tertiary alicyclic amines) is 1. The minimum atomic E-state index is 0.0945. The topological polar surface area (TPSA) is 60.5 Å². The molecule has 2 aromatic carbocycles. The zero-order chi connectivity index (χ0) is 24.1. The molecule has 7 nitrogen and oxygen atoms in total. The molecule has 184 valence electrons. The summed E-state index contributed by atoms with van der Waals surface area (Å²) in [6.07, 6.45) is 4.51. The molecule has 2 aliphatic rings. The summed E-state index contributed by atoms with van der Waals surface area (Å²) >= 11 is 0. The number of hydrogen-bond donors (Lipinski definition) is 0. The predicted octanol–water partition coefficient (Wildman–Crippen LogP) is 4.02. The molecule has 2 heterocycles. The Morgan fingerprint density at radius 3 is 2.32 bits per heavy atom. The third-order valence-electron chi connectivity index (χ3n) is 6.98. The van der Waals surface area contributed by atoms with Crippen LogP contribution in [0.25, 0.3) is 0 Å². The Hall–Kier alpha value is -2.93. The molecule has 0 spiro atoms. The lowest BCUT2D eigenvalue weighted by atomic mass is 10.0. The minimum Gasteiger partial charge on any atom is -0.493 e. The van der Waals surface area contributed by atoms with Gasteiger partial charge in [-0.25, -0.2) is 0 Å². The molecular formula is C27H36N2O5. The van der Waals surface area contributed by atoms with Crippen molar-refractivity contribution in [3.8, 4) is 23.0 Å². The van der Waals surface area contributed by atoms with Gasteiger partial charge in [-0.05, 0) is 67.1 Å². The number of rotatable bonds is 9. The van der Waals surface area contributed by atoms with Gasteiger partial charge >= 0.3 is 0 Å². The molecule has 0 saturated carbocycles. The number of nitrogens with zero attached hydrogens (tertiary/aromatic N) is 2. The van der Waals surface area contributed by atoms with Crippen molar-refractivity contribution < 1.29 is 23.7 Å². The number of amides is 1. The van der Waals surface area contributed by atoms with Crippen molar-refractivity contribution in [1.29, 1.82) is 0 Å². The smallest absolute Gasteiger partial charge is 0.254 e. The van der Waals surface area contributed by atoms with Crippen molar-refractivity contribution in [2.75, 3.05) is 54.6 Å². The molecule has 0 bridgehead atoms. The molecule has 0 aromatic heterocycles. The van der Waals surface area contributed by atoms with E-state index in [1.54, 1.807) is 28.4 Å². The monoisotopic (exact) mass is 468 g/mol. The summed E-state index contributed by atoms with van der Waals surface area (Å²) in [4.78, 5) is 17.7. The fourth-order valence-electron chi connectivity index (χ4n) is 5.15. The molecule has 0 aliphatic carbocycles. The molecule has 0 radical (unpaired) electrons. The fourth-order valence-corrected chi connectivity index (χ4v) is 5.15. The summed E-state index contributed by atoms with van der Waals surface area (Å²) in [5.74, 6) is 3.37. The highest BCUT2D eigenvalue weighted by molar-refractivity contribution is 5.99. The largest absolute Gasteiger partial charge is 0.493 e. The Bertz CT molecular complexity index is 1010. The van der Waals surface area contributed by atoms with Crippen molar-refractivity contribution in [3.05, 3.63) is 47.0 Å². The molecule has 7 heteroatoms. The molecule has 1 fully saturated rings. The molecule has 1 saturated heterocycles. The van der Waals surface area contributed by atoms with Gasteiger partial charge in [0.1, 0.15) is 0 Å². The first-order valence-electron chi connectivity index (χ1n) is 12.0. The Morgan fingerprint density at radius 2 is 1.59 bits per heavy atom. The summed E-state index contributed by atoms with van der Waals surface area (Å²) in [5.41, 5.74) is 2.99. The molecule has 2 aliphatic heterocycles. The number of carbonyl (C=O) groups is 1. The molecule has 1 unspecified atom stereocenters. The highest BCUT2D eigenvalue weighted by Crippen LogP contribution is 2.35. The van der Waals surface area contributed by atoms with E-state index in [-0.39, 0.29) is 5.91 Å². The van der Waals surface area contributed by atoms with E-state index in [4.69, 9.17) is 18.9 Å². The van der Waals surface area contributed by atoms with Gasteiger partial charge in [-0.15, -0.1) is 0 Å². The Labute approximate surface area is 202 Å². The van der Waals surface area contributed by atoms with Crippen LogP contribution < -0.4 is 18.9 Å². The second-order valence-corrected chi connectivity index (χ2v) is 9.15. The highest BCUT2D eigenvalue weighted by atomic mass is 16.5. The molecule has 34 heavy (non-hydrogen) atoms. The van der Waals surface area contributed by atoms with Crippen LogP contribution in [0, 0.1) is 5.92 Å². The second-order valence-electron chi connectivity index (χ2n) is 9.15. The molecular weight excluding hydrogens is 432 g/mol. The summed E-state index contributed by atoms with van der Waals surface area (Å²) < 4.78 is 21.6. The predicted molar refractivity (Wildman–Crippen MR) is 131 cm³/mol. The van der Waals surface area contributed by atoms with Gasteiger partial charge in [-0.3, -0.25) is 4.79 Å². The first kappa shape index (κ1) is 24.2. The van der Waals surface area contributed by atoms with E-state index in [9.17, 15) is 4.79 Å². The van der Waals surface area contributed by atoms with Crippen LogP contribution in [0.4, 0.5) is 0 Å². The number of carbonyl (C=O) groups excluding carboxylic acids is 1. The Morgan fingerprint density at radius 1 is 0.882 bits per heavy atom. The standard InChI is InChI=1S/C27H36N2O5/c1-31-23-9-8-19(13-24(23)32-2)10-12-28-11-6-5-7-20(16-28)17-29-18-21-14-25(33-3)26(34-4)15-22(21)27(29)30/h8-9,13-15,20H,5-7,10-12,16-18H2,1-4H3. The van der Waals surface area contributed by atoms with Crippen LogP contribution in [0.3, 0.4) is 0 Å². The van der Waals surface area contributed by atoms with Gasteiger partial charge in [0.25, 0.3) is 5.91 Å². The summed E-state index contributed by atoms with van der Waals surface area (Å²) in [5, 5.41) is 0. The van der Waals surface area contributed by atoms with Crippen LogP contribution in [0.15, 0.2) is 30.3 Å². The maximum absolute atomic E-state index is 13.1. The van der Waals surface area contributed by atoms with Crippen molar-refractivity contribution >= 4 is 5.91 Å². The zero-order valence-electron chi connectivity index (χ0n) is 20.8. The van der Waals surface area contributed by atoms with Gasteiger partial charge < -0.3 is 28.7 Å². The lowest BCUT2D eigenvalue weighted by Gasteiger charge is -2.27. The van der Waals surface area contributed by atoms with Gasteiger partial charge in [0.15, 0.2) is 23.0 Å². The van der Waals surface area contributed by atoms with Gasteiger partial charge in [0, 0.05) is 31.7 Å². The van der Waals surface area contributed by atoms with E-state index in [0.717, 1.165) is 61.6 Å². The normalized spacial score (nSPS) is 18.4. The van der Waals surface area contributed by atoms with Crippen LogP contribution in [0.2, 0.25) is 0 Å². The quantitative estimate of drug-likeness (QED) is 0.554. The highest BCUT2D eigenvalue weighted by Gasteiger charge is 2.31. The Kier molecular flexibility index (Phi) is 7.83. The van der Waals surface area contributed by atoms with E-state index in [2.05, 4.69) is 17.0 Å². The number of fused-ring (bicyclic) bond motifs is 1. The lowest BCUT2D eigenvalue weighted by molar-refractivity contribution is 0.0736. The average Bonchev–Trinajstić information content (AvgIpc) is 3.01. The van der Waals surface area contributed by atoms with Gasteiger partial charge in [-0.2, -0.15) is 0 Å². The molecule has 0 N–H and O–H groups in total. The molecule has 1 atom stereocenters. The average molecular weight is 469 g/mol. The van der Waals surface area contributed by atoms with Crippen molar-refractivity contribution in [2.45, 2.75) is 32.2 Å². The number of benzene rings is 2. The van der Waals surface area contributed by atoms with Crippen LogP contribution in [-0.2, 0) is 13.0 Å². The van der Waals surface area contributed by atoms with Crippen LogP contribution in [-0.4, -0.2) is 70.3 Å².